The number of aliphatic carboxylic acids is 1. The van der Waals surface area contributed by atoms with Crippen molar-refractivity contribution in [3.8, 4) is 0 Å². The van der Waals surface area contributed by atoms with E-state index in [1.807, 2.05) is 0 Å². The van der Waals surface area contributed by atoms with Crippen LogP contribution in [-0.4, -0.2) is 21.0 Å². The largest absolute Gasteiger partial charge is 1.00 e. The van der Waals surface area contributed by atoms with Crippen molar-refractivity contribution in [1.29, 1.82) is 0 Å². The van der Waals surface area contributed by atoms with Gasteiger partial charge in [0, 0.05) is 12.4 Å². The second-order valence-corrected chi connectivity index (χ2v) is 2.22. The average molecular weight is 197 g/mol. The number of rotatable bonds is 2. The van der Waals surface area contributed by atoms with E-state index in [0.717, 1.165) is 0 Å². The predicted molar refractivity (Wildman–Crippen MR) is 39.5 cm³/mol. The van der Waals surface area contributed by atoms with Gasteiger partial charge in [-0.15, -0.1) is 0 Å². The Morgan fingerprint density at radius 1 is 1.58 bits per heavy atom. The maximum atomic E-state index is 10.2. The number of carbonyl (C=O) groups is 1. The van der Waals surface area contributed by atoms with E-state index in [2.05, 4.69) is 9.97 Å². The fraction of sp³-hybridized carbons (Fsp3) is 0.167. The van der Waals surface area contributed by atoms with Crippen molar-refractivity contribution in [2.45, 2.75) is 6.42 Å². The molecule has 4 nitrogen and oxygen atoms in total. The smallest absolute Gasteiger partial charge is 1.00 e. The predicted octanol–water partition coefficient (Wildman–Crippen LogP) is -2.13. The van der Waals surface area contributed by atoms with Gasteiger partial charge in [-0.25, -0.2) is 4.98 Å². The topological polar surface area (TPSA) is 63.1 Å². The molecule has 1 rings (SSSR count). The summed E-state index contributed by atoms with van der Waals surface area (Å²) in [5.74, 6) is -0.965. The minimum Gasteiger partial charge on any atom is -1.00 e. The zero-order valence-corrected chi connectivity index (χ0v) is 9.25. The Balaban J connectivity index is 0. The third kappa shape index (κ3) is 3.49. The van der Waals surface area contributed by atoms with Crippen LogP contribution in [-0.2, 0) is 11.2 Å². The average Bonchev–Trinajstić information content (AvgIpc) is 1.93. The molecule has 0 aliphatic carbocycles. The van der Waals surface area contributed by atoms with Crippen LogP contribution in [0.4, 0.5) is 0 Å². The summed E-state index contributed by atoms with van der Waals surface area (Å²) in [4.78, 5) is 17.6. The molecule has 0 fully saturated rings. The van der Waals surface area contributed by atoms with E-state index in [9.17, 15) is 4.79 Å². The number of nitrogens with zero attached hydrogens (tertiary/aromatic N) is 2. The molecule has 0 aromatic carbocycles. The number of halogens is 1. The van der Waals surface area contributed by atoms with E-state index in [1.165, 1.54) is 12.4 Å². The van der Waals surface area contributed by atoms with Crippen molar-refractivity contribution in [2.24, 2.45) is 0 Å². The standard InChI is InChI=1S/C6H5ClN2O2.Na.H/c7-6-4(3-5(10)11)8-1-2-9-6;;/h1-2H,3H2,(H,10,11);;/q;+1;-1. The molecule has 1 heterocycles. The van der Waals surface area contributed by atoms with E-state index in [-0.39, 0.29) is 42.6 Å². The van der Waals surface area contributed by atoms with Crippen LogP contribution in [0.1, 0.15) is 7.12 Å². The summed E-state index contributed by atoms with van der Waals surface area (Å²) in [5.41, 5.74) is 0.293. The molecule has 6 heteroatoms. The van der Waals surface area contributed by atoms with Crippen LogP contribution in [0.3, 0.4) is 0 Å². The summed E-state index contributed by atoms with van der Waals surface area (Å²) in [6.07, 6.45) is 2.63. The molecule has 1 N–H and O–H groups in total. The summed E-state index contributed by atoms with van der Waals surface area (Å²) in [5, 5.41) is 8.51. The van der Waals surface area contributed by atoms with E-state index in [1.54, 1.807) is 0 Å². The summed E-state index contributed by atoms with van der Waals surface area (Å²) in [6, 6.07) is 0. The molecule has 0 amide bonds. The molecule has 0 saturated carbocycles. The summed E-state index contributed by atoms with van der Waals surface area (Å²) >= 11 is 5.53. The van der Waals surface area contributed by atoms with Crippen LogP contribution in [0.25, 0.3) is 0 Å². The zero-order chi connectivity index (χ0) is 8.27. The summed E-state index contributed by atoms with van der Waals surface area (Å²) < 4.78 is 0. The first-order valence-electron chi connectivity index (χ1n) is 2.87. The van der Waals surface area contributed by atoms with Crippen LogP contribution in [0.5, 0.6) is 0 Å². The maximum absolute atomic E-state index is 10.2. The molecule has 0 saturated heterocycles. The van der Waals surface area contributed by atoms with Gasteiger partial charge in [0.25, 0.3) is 0 Å². The van der Waals surface area contributed by atoms with Crippen molar-refractivity contribution in [3.05, 3.63) is 23.2 Å². The quantitative estimate of drug-likeness (QED) is 0.549. The number of aromatic nitrogens is 2. The van der Waals surface area contributed by atoms with Gasteiger partial charge in [-0.2, -0.15) is 0 Å². The number of hydrogen-bond acceptors (Lipinski definition) is 3. The van der Waals surface area contributed by atoms with Crippen LogP contribution >= 0.6 is 11.6 Å². The van der Waals surface area contributed by atoms with E-state index < -0.39 is 5.97 Å². The van der Waals surface area contributed by atoms with E-state index in [4.69, 9.17) is 16.7 Å². The molecule has 0 atom stereocenters. The number of carboxylic acids is 1. The minimum absolute atomic E-state index is 0. The molecule has 60 valence electrons. The first-order valence-corrected chi connectivity index (χ1v) is 3.25. The molecule has 12 heavy (non-hydrogen) atoms. The van der Waals surface area contributed by atoms with Gasteiger partial charge in [0.15, 0.2) is 5.15 Å². The Kier molecular flexibility index (Phi) is 5.41. The van der Waals surface area contributed by atoms with E-state index in [0.29, 0.717) is 5.69 Å². The normalized spacial score (nSPS) is 8.75. The van der Waals surface area contributed by atoms with Crippen molar-refractivity contribution in [2.75, 3.05) is 0 Å². The van der Waals surface area contributed by atoms with Gasteiger partial charge in [0.05, 0.1) is 12.1 Å². The summed E-state index contributed by atoms with van der Waals surface area (Å²) in [7, 11) is 0. The van der Waals surface area contributed by atoms with E-state index >= 15 is 0 Å². The number of hydrogen-bond donors (Lipinski definition) is 1. The van der Waals surface area contributed by atoms with Gasteiger partial charge in [0.2, 0.25) is 0 Å². The molecule has 1 aromatic heterocycles. The zero-order valence-electron chi connectivity index (χ0n) is 7.49. The Morgan fingerprint density at radius 3 is 2.67 bits per heavy atom. The Hall–Kier alpha value is -0.160. The second-order valence-electron chi connectivity index (χ2n) is 1.86. The molecule has 0 aliphatic rings. The van der Waals surface area contributed by atoms with Gasteiger partial charge in [-0.1, -0.05) is 11.6 Å². The van der Waals surface area contributed by atoms with Crippen molar-refractivity contribution in [3.63, 3.8) is 0 Å². The Bertz CT molecular complexity index is 287. The molecule has 0 spiro atoms. The van der Waals surface area contributed by atoms with Crippen molar-refractivity contribution in [1.82, 2.24) is 9.97 Å². The monoisotopic (exact) mass is 196 g/mol. The van der Waals surface area contributed by atoms with Gasteiger partial charge in [-0.05, 0) is 0 Å². The maximum Gasteiger partial charge on any atom is 1.00 e. The third-order valence-corrected chi connectivity index (χ3v) is 1.36. The summed E-state index contributed by atoms with van der Waals surface area (Å²) in [6.45, 7) is 0. The molecular weight excluding hydrogens is 191 g/mol. The van der Waals surface area contributed by atoms with Crippen LogP contribution in [0, 0.1) is 0 Å². The van der Waals surface area contributed by atoms with Gasteiger partial charge >= 0.3 is 35.5 Å². The second kappa shape index (κ2) is 5.48. The van der Waals surface area contributed by atoms with Crippen molar-refractivity contribution >= 4 is 17.6 Å². The minimum atomic E-state index is -0.965. The SMILES string of the molecule is O=C(O)Cc1nccnc1Cl.[H-].[Na+]. The first-order chi connectivity index (χ1) is 5.20. The van der Waals surface area contributed by atoms with Crippen LogP contribution in [0.2, 0.25) is 5.15 Å². The molecule has 0 radical (unpaired) electrons. The van der Waals surface area contributed by atoms with Crippen LogP contribution < -0.4 is 29.6 Å². The Labute approximate surface area is 97.8 Å². The van der Waals surface area contributed by atoms with Gasteiger partial charge in [0.1, 0.15) is 0 Å². The molecule has 0 aliphatic heterocycles. The van der Waals surface area contributed by atoms with Crippen LogP contribution in [0.15, 0.2) is 12.4 Å². The fourth-order valence-corrected chi connectivity index (χ4v) is 0.784. The molecule has 0 unspecified atom stereocenters. The van der Waals surface area contributed by atoms with Gasteiger partial charge < -0.3 is 6.53 Å². The fourth-order valence-electron chi connectivity index (χ4n) is 0.612. The number of carboxylic acid groups (broad SMARTS) is 1. The first kappa shape index (κ1) is 11.8. The Morgan fingerprint density at radius 2 is 2.17 bits per heavy atom. The molecule has 1 aromatic rings. The van der Waals surface area contributed by atoms with Gasteiger partial charge in [-0.3, -0.25) is 9.78 Å². The molecule has 0 bridgehead atoms. The third-order valence-electron chi connectivity index (χ3n) is 1.04. The van der Waals surface area contributed by atoms with Crippen molar-refractivity contribution < 1.29 is 40.9 Å². The molecular formula is C6H6ClN2NaO2.